The highest BCUT2D eigenvalue weighted by molar-refractivity contribution is 5.91. The molecular formula is C18H18N2O4. The van der Waals surface area contributed by atoms with Crippen molar-refractivity contribution in [1.82, 2.24) is 5.32 Å². The third-order valence-electron chi connectivity index (χ3n) is 3.61. The lowest BCUT2D eigenvalue weighted by Gasteiger charge is -2.13. The van der Waals surface area contributed by atoms with Crippen molar-refractivity contribution in [3.05, 3.63) is 59.6 Å². The van der Waals surface area contributed by atoms with Gasteiger partial charge in [-0.3, -0.25) is 9.69 Å². The first-order valence-corrected chi connectivity index (χ1v) is 7.67. The van der Waals surface area contributed by atoms with Crippen LogP contribution in [-0.4, -0.2) is 25.2 Å². The number of carbonyl (C=O) groups is 2. The predicted octanol–water partition coefficient (Wildman–Crippen LogP) is 2.87. The molecule has 0 bridgehead atoms. The van der Waals surface area contributed by atoms with Crippen LogP contribution in [0.3, 0.4) is 0 Å². The zero-order valence-corrected chi connectivity index (χ0v) is 13.3. The highest BCUT2D eigenvalue weighted by Crippen LogP contribution is 2.19. The fraction of sp³-hybridized carbons (Fsp3) is 0.222. The number of nitrogens with one attached hydrogen (secondary N) is 1. The highest BCUT2D eigenvalue weighted by atomic mass is 16.6. The molecule has 0 atom stereocenters. The van der Waals surface area contributed by atoms with E-state index in [-0.39, 0.29) is 12.0 Å². The summed E-state index contributed by atoms with van der Waals surface area (Å²) in [7, 11) is 0. The Morgan fingerprint density at radius 3 is 2.92 bits per heavy atom. The van der Waals surface area contributed by atoms with Gasteiger partial charge in [0.1, 0.15) is 18.1 Å². The van der Waals surface area contributed by atoms with Crippen LogP contribution >= 0.6 is 0 Å². The van der Waals surface area contributed by atoms with E-state index in [1.54, 1.807) is 17.0 Å². The Balaban J connectivity index is 1.57. The number of hydrogen-bond donors (Lipinski definition) is 1. The first-order valence-electron chi connectivity index (χ1n) is 7.67. The summed E-state index contributed by atoms with van der Waals surface area (Å²) in [5, 5.41) is 2.80. The average Bonchev–Trinajstić information content (AvgIpc) is 3.19. The molecule has 124 valence electrons. The number of carbonyl (C=O) groups excluding carboxylic acids is 2. The molecule has 1 aliphatic heterocycles. The SMILES string of the molecule is Cc1ccc(/C=C\C(=O)NCc2cccc(N3CCOC3=O)c2)o1. The molecule has 2 amide bonds. The van der Waals surface area contributed by atoms with Gasteiger partial charge in [0, 0.05) is 18.3 Å². The van der Waals surface area contributed by atoms with Gasteiger partial charge < -0.3 is 14.5 Å². The number of rotatable bonds is 5. The second-order valence-corrected chi connectivity index (χ2v) is 5.44. The van der Waals surface area contributed by atoms with Crippen molar-refractivity contribution in [2.45, 2.75) is 13.5 Å². The first-order chi connectivity index (χ1) is 11.6. The average molecular weight is 326 g/mol. The van der Waals surface area contributed by atoms with Crippen LogP contribution in [0.1, 0.15) is 17.1 Å². The van der Waals surface area contributed by atoms with E-state index < -0.39 is 0 Å². The van der Waals surface area contributed by atoms with E-state index in [4.69, 9.17) is 9.15 Å². The van der Waals surface area contributed by atoms with Gasteiger partial charge >= 0.3 is 6.09 Å². The topological polar surface area (TPSA) is 71.8 Å². The van der Waals surface area contributed by atoms with Gasteiger partial charge in [-0.1, -0.05) is 12.1 Å². The molecule has 24 heavy (non-hydrogen) atoms. The Bertz CT molecular complexity index is 779. The molecule has 2 heterocycles. The highest BCUT2D eigenvalue weighted by Gasteiger charge is 2.23. The molecule has 0 unspecified atom stereocenters. The summed E-state index contributed by atoms with van der Waals surface area (Å²) in [4.78, 5) is 25.0. The van der Waals surface area contributed by atoms with Gasteiger partial charge in [0.05, 0.1) is 6.54 Å². The molecule has 1 aliphatic rings. The van der Waals surface area contributed by atoms with Crippen LogP contribution in [0.2, 0.25) is 0 Å². The number of furan rings is 1. The molecule has 1 aromatic carbocycles. The molecule has 6 nitrogen and oxygen atoms in total. The largest absolute Gasteiger partial charge is 0.462 e. The van der Waals surface area contributed by atoms with Crippen LogP contribution in [0.4, 0.5) is 10.5 Å². The minimum Gasteiger partial charge on any atom is -0.462 e. The Kier molecular flexibility index (Phi) is 4.65. The van der Waals surface area contributed by atoms with Gasteiger partial charge in [0.25, 0.3) is 0 Å². The van der Waals surface area contributed by atoms with Crippen molar-refractivity contribution in [3.8, 4) is 0 Å². The molecule has 3 rings (SSSR count). The Hall–Kier alpha value is -3.02. The lowest BCUT2D eigenvalue weighted by molar-refractivity contribution is -0.116. The number of nitrogens with zero attached hydrogens (tertiary/aromatic N) is 1. The van der Waals surface area contributed by atoms with Gasteiger partial charge in [0.15, 0.2) is 0 Å². The summed E-state index contributed by atoms with van der Waals surface area (Å²) in [5.41, 5.74) is 1.67. The Morgan fingerprint density at radius 1 is 1.33 bits per heavy atom. The standard InChI is InChI=1S/C18H18N2O4/c1-13-5-6-16(24-13)7-8-17(21)19-12-14-3-2-4-15(11-14)20-9-10-23-18(20)22/h2-8,11H,9-10,12H2,1H3,(H,19,21)/b8-7-. The predicted molar refractivity (Wildman–Crippen MR) is 89.5 cm³/mol. The number of hydrogen-bond acceptors (Lipinski definition) is 4. The zero-order valence-electron chi connectivity index (χ0n) is 13.3. The van der Waals surface area contributed by atoms with Crippen LogP contribution in [0.25, 0.3) is 6.08 Å². The monoisotopic (exact) mass is 326 g/mol. The maximum atomic E-state index is 11.9. The molecule has 2 aromatic rings. The van der Waals surface area contributed by atoms with Crippen molar-refractivity contribution in [2.75, 3.05) is 18.1 Å². The van der Waals surface area contributed by atoms with Gasteiger partial charge in [0.2, 0.25) is 5.91 Å². The molecule has 1 fully saturated rings. The molecule has 1 N–H and O–H groups in total. The van der Waals surface area contributed by atoms with E-state index in [2.05, 4.69) is 5.32 Å². The second kappa shape index (κ2) is 7.04. The van der Waals surface area contributed by atoms with Crippen LogP contribution in [0.5, 0.6) is 0 Å². The van der Waals surface area contributed by atoms with Crippen molar-refractivity contribution in [2.24, 2.45) is 0 Å². The number of cyclic esters (lactones) is 1. The van der Waals surface area contributed by atoms with Crippen molar-refractivity contribution < 1.29 is 18.7 Å². The van der Waals surface area contributed by atoms with Gasteiger partial charge in [-0.2, -0.15) is 0 Å². The summed E-state index contributed by atoms with van der Waals surface area (Å²) in [6.45, 7) is 3.16. The fourth-order valence-corrected chi connectivity index (χ4v) is 2.41. The van der Waals surface area contributed by atoms with Crippen molar-refractivity contribution >= 4 is 23.8 Å². The lowest BCUT2D eigenvalue weighted by atomic mass is 10.2. The van der Waals surface area contributed by atoms with Crippen LogP contribution in [-0.2, 0) is 16.1 Å². The maximum absolute atomic E-state index is 11.9. The summed E-state index contributed by atoms with van der Waals surface area (Å²) in [6.07, 6.45) is 2.71. The van der Waals surface area contributed by atoms with E-state index in [1.165, 1.54) is 6.08 Å². The quantitative estimate of drug-likeness (QED) is 0.858. The number of anilines is 1. The van der Waals surface area contributed by atoms with Gasteiger partial charge in [-0.15, -0.1) is 0 Å². The number of ether oxygens (including phenoxy) is 1. The summed E-state index contributed by atoms with van der Waals surface area (Å²) in [5.74, 6) is 1.22. The third kappa shape index (κ3) is 3.84. The molecule has 1 saturated heterocycles. The van der Waals surface area contributed by atoms with Gasteiger partial charge in [-0.25, -0.2) is 4.79 Å². The van der Waals surface area contributed by atoms with E-state index in [1.807, 2.05) is 37.3 Å². The molecule has 6 heteroatoms. The van der Waals surface area contributed by atoms with E-state index in [0.717, 1.165) is 17.0 Å². The minimum absolute atomic E-state index is 0.213. The number of benzene rings is 1. The number of aryl methyl sites for hydroxylation is 1. The third-order valence-corrected chi connectivity index (χ3v) is 3.61. The first kappa shape index (κ1) is 15.9. The zero-order chi connectivity index (χ0) is 16.9. The number of amides is 2. The summed E-state index contributed by atoms with van der Waals surface area (Å²) >= 11 is 0. The van der Waals surface area contributed by atoms with Crippen LogP contribution < -0.4 is 10.2 Å². The summed E-state index contributed by atoms with van der Waals surface area (Å²) < 4.78 is 10.3. The Morgan fingerprint density at radius 2 is 2.21 bits per heavy atom. The van der Waals surface area contributed by atoms with E-state index >= 15 is 0 Å². The van der Waals surface area contributed by atoms with Gasteiger partial charge in [-0.05, 0) is 42.8 Å². The fourth-order valence-electron chi connectivity index (χ4n) is 2.41. The van der Waals surface area contributed by atoms with E-state index in [9.17, 15) is 9.59 Å². The van der Waals surface area contributed by atoms with Crippen molar-refractivity contribution in [3.63, 3.8) is 0 Å². The molecule has 0 spiro atoms. The normalized spacial score (nSPS) is 14.2. The molecular weight excluding hydrogens is 308 g/mol. The smallest absolute Gasteiger partial charge is 0.414 e. The molecule has 0 saturated carbocycles. The minimum atomic E-state index is -0.340. The van der Waals surface area contributed by atoms with Crippen LogP contribution in [0, 0.1) is 6.92 Å². The molecule has 0 radical (unpaired) electrons. The lowest BCUT2D eigenvalue weighted by Crippen LogP contribution is -2.24. The summed E-state index contributed by atoms with van der Waals surface area (Å²) in [6, 6.07) is 11.1. The molecule has 1 aromatic heterocycles. The molecule has 0 aliphatic carbocycles. The van der Waals surface area contributed by atoms with E-state index in [0.29, 0.717) is 25.5 Å². The Labute approximate surface area is 139 Å². The second-order valence-electron chi connectivity index (χ2n) is 5.44. The van der Waals surface area contributed by atoms with Crippen molar-refractivity contribution in [1.29, 1.82) is 0 Å². The maximum Gasteiger partial charge on any atom is 0.414 e. The van der Waals surface area contributed by atoms with Crippen LogP contribution in [0.15, 0.2) is 46.9 Å².